The van der Waals surface area contributed by atoms with Gasteiger partial charge in [0.25, 0.3) is 5.69 Å². The third-order valence-electron chi connectivity index (χ3n) is 3.21. The van der Waals surface area contributed by atoms with Crippen LogP contribution in [0.2, 0.25) is 0 Å². The molecule has 0 heterocycles. The predicted octanol–water partition coefficient (Wildman–Crippen LogP) is 2.79. The van der Waals surface area contributed by atoms with Crippen molar-refractivity contribution in [3.8, 4) is 0 Å². The number of nitro groups is 1. The largest absolute Gasteiger partial charge is 0.368 e. The van der Waals surface area contributed by atoms with Gasteiger partial charge in [-0.05, 0) is 32.8 Å². The second kappa shape index (κ2) is 4.76. The zero-order chi connectivity index (χ0) is 13.3. The van der Waals surface area contributed by atoms with E-state index in [9.17, 15) is 14.9 Å². The van der Waals surface area contributed by atoms with E-state index in [2.05, 4.69) is 4.90 Å². The van der Waals surface area contributed by atoms with Crippen LogP contribution in [-0.4, -0.2) is 23.3 Å². The van der Waals surface area contributed by atoms with Crippen molar-refractivity contribution in [1.82, 2.24) is 0 Å². The standard InChI is InChI=1S/C13H16N2O3/c1-3-14(10-4-5-10)13-7-6-11(15(17)18)8-12(13)9(2)16/h6-8,10H,3-5H2,1-2H3. The van der Waals surface area contributed by atoms with Gasteiger partial charge in [-0.3, -0.25) is 14.9 Å². The van der Waals surface area contributed by atoms with E-state index in [1.54, 1.807) is 6.07 Å². The van der Waals surface area contributed by atoms with Gasteiger partial charge in [0.1, 0.15) is 0 Å². The van der Waals surface area contributed by atoms with E-state index in [1.165, 1.54) is 19.1 Å². The lowest BCUT2D eigenvalue weighted by Gasteiger charge is -2.24. The molecule has 1 fully saturated rings. The maximum absolute atomic E-state index is 11.7. The Hall–Kier alpha value is -1.91. The average molecular weight is 248 g/mol. The zero-order valence-corrected chi connectivity index (χ0v) is 10.5. The van der Waals surface area contributed by atoms with E-state index in [1.807, 2.05) is 6.92 Å². The van der Waals surface area contributed by atoms with Crippen molar-refractivity contribution in [2.24, 2.45) is 0 Å². The molecule has 5 heteroatoms. The molecule has 0 aromatic heterocycles. The Bertz CT molecular complexity index is 495. The van der Waals surface area contributed by atoms with Crippen molar-refractivity contribution in [3.63, 3.8) is 0 Å². The van der Waals surface area contributed by atoms with Crippen LogP contribution in [0.1, 0.15) is 37.0 Å². The first-order chi connectivity index (χ1) is 8.54. The molecular weight excluding hydrogens is 232 g/mol. The molecule has 1 saturated carbocycles. The molecule has 0 atom stereocenters. The van der Waals surface area contributed by atoms with Gasteiger partial charge in [0.15, 0.2) is 5.78 Å². The highest BCUT2D eigenvalue weighted by molar-refractivity contribution is 6.00. The Labute approximate surface area is 106 Å². The van der Waals surface area contributed by atoms with Crippen molar-refractivity contribution in [3.05, 3.63) is 33.9 Å². The van der Waals surface area contributed by atoms with Gasteiger partial charge in [-0.1, -0.05) is 0 Å². The number of non-ortho nitro benzene ring substituents is 1. The summed E-state index contributed by atoms with van der Waals surface area (Å²) in [6, 6.07) is 5.02. The molecular formula is C13H16N2O3. The highest BCUT2D eigenvalue weighted by atomic mass is 16.6. The first-order valence-electron chi connectivity index (χ1n) is 6.10. The second-order valence-corrected chi connectivity index (χ2v) is 4.53. The number of anilines is 1. The summed E-state index contributed by atoms with van der Waals surface area (Å²) >= 11 is 0. The smallest absolute Gasteiger partial charge is 0.270 e. The third kappa shape index (κ3) is 2.34. The summed E-state index contributed by atoms with van der Waals surface area (Å²) in [7, 11) is 0. The summed E-state index contributed by atoms with van der Waals surface area (Å²) in [6.45, 7) is 4.29. The Morgan fingerprint density at radius 1 is 1.50 bits per heavy atom. The van der Waals surface area contributed by atoms with E-state index >= 15 is 0 Å². The van der Waals surface area contributed by atoms with Crippen LogP contribution >= 0.6 is 0 Å². The van der Waals surface area contributed by atoms with Gasteiger partial charge >= 0.3 is 0 Å². The van der Waals surface area contributed by atoms with E-state index < -0.39 is 4.92 Å². The van der Waals surface area contributed by atoms with Crippen molar-refractivity contribution in [1.29, 1.82) is 0 Å². The number of carbonyl (C=O) groups excluding carboxylic acids is 1. The fourth-order valence-corrected chi connectivity index (χ4v) is 2.18. The van der Waals surface area contributed by atoms with Gasteiger partial charge in [-0.25, -0.2) is 0 Å². The van der Waals surface area contributed by atoms with Crippen LogP contribution in [0, 0.1) is 10.1 Å². The van der Waals surface area contributed by atoms with Crippen molar-refractivity contribution in [2.45, 2.75) is 32.7 Å². The molecule has 0 saturated heterocycles. The minimum Gasteiger partial charge on any atom is -0.368 e. The SMILES string of the molecule is CCN(c1ccc([N+](=O)[O-])cc1C(C)=O)C1CC1. The number of nitrogens with zero attached hydrogens (tertiary/aromatic N) is 2. The fourth-order valence-electron chi connectivity index (χ4n) is 2.18. The fraction of sp³-hybridized carbons (Fsp3) is 0.462. The molecule has 0 radical (unpaired) electrons. The zero-order valence-electron chi connectivity index (χ0n) is 10.5. The molecule has 0 spiro atoms. The number of rotatable bonds is 5. The van der Waals surface area contributed by atoms with Gasteiger partial charge < -0.3 is 4.90 Å². The van der Waals surface area contributed by atoms with Gasteiger partial charge in [0.05, 0.1) is 4.92 Å². The minimum absolute atomic E-state index is 0.0317. The van der Waals surface area contributed by atoms with Crippen LogP contribution in [0.5, 0.6) is 0 Å². The molecule has 1 aromatic rings. The maximum atomic E-state index is 11.7. The lowest BCUT2D eigenvalue weighted by Crippen LogP contribution is -2.26. The lowest BCUT2D eigenvalue weighted by molar-refractivity contribution is -0.384. The van der Waals surface area contributed by atoms with Crippen molar-refractivity contribution in [2.75, 3.05) is 11.4 Å². The summed E-state index contributed by atoms with van der Waals surface area (Å²) in [5.74, 6) is -0.132. The summed E-state index contributed by atoms with van der Waals surface area (Å²) in [6.07, 6.45) is 2.25. The van der Waals surface area contributed by atoms with E-state index in [0.717, 1.165) is 25.1 Å². The Morgan fingerprint density at radius 2 is 2.17 bits per heavy atom. The lowest BCUT2D eigenvalue weighted by atomic mass is 10.1. The van der Waals surface area contributed by atoms with Crippen LogP contribution < -0.4 is 4.90 Å². The highest BCUT2D eigenvalue weighted by Gasteiger charge is 2.30. The predicted molar refractivity (Wildman–Crippen MR) is 69.1 cm³/mol. The van der Waals surface area contributed by atoms with Crippen LogP contribution in [0.15, 0.2) is 18.2 Å². The monoisotopic (exact) mass is 248 g/mol. The first kappa shape index (κ1) is 12.5. The molecule has 18 heavy (non-hydrogen) atoms. The number of Topliss-reactive ketones (excluding diaryl/α,β-unsaturated/α-hetero) is 1. The maximum Gasteiger partial charge on any atom is 0.270 e. The molecule has 0 unspecified atom stereocenters. The first-order valence-corrected chi connectivity index (χ1v) is 6.10. The Kier molecular flexibility index (Phi) is 3.32. The number of ketones is 1. The van der Waals surface area contributed by atoms with Crippen LogP contribution in [0.3, 0.4) is 0 Å². The highest BCUT2D eigenvalue weighted by Crippen LogP contribution is 2.34. The molecule has 1 aliphatic carbocycles. The molecule has 0 bridgehead atoms. The molecule has 1 aromatic carbocycles. The quantitative estimate of drug-likeness (QED) is 0.456. The van der Waals surface area contributed by atoms with Crippen LogP contribution in [0.25, 0.3) is 0 Å². The van der Waals surface area contributed by atoms with Crippen molar-refractivity contribution < 1.29 is 9.72 Å². The molecule has 96 valence electrons. The second-order valence-electron chi connectivity index (χ2n) is 4.53. The topological polar surface area (TPSA) is 63.4 Å². The van der Waals surface area contributed by atoms with Gasteiger partial charge in [0.2, 0.25) is 0 Å². The molecule has 2 rings (SSSR count). The third-order valence-corrected chi connectivity index (χ3v) is 3.21. The van der Waals surface area contributed by atoms with Gasteiger partial charge in [-0.2, -0.15) is 0 Å². The van der Waals surface area contributed by atoms with Gasteiger partial charge in [0, 0.05) is 36.0 Å². The summed E-state index contributed by atoms with van der Waals surface area (Å²) in [5, 5.41) is 10.8. The number of carbonyl (C=O) groups is 1. The van der Waals surface area contributed by atoms with Gasteiger partial charge in [-0.15, -0.1) is 0 Å². The molecule has 5 nitrogen and oxygen atoms in total. The van der Waals surface area contributed by atoms with E-state index in [4.69, 9.17) is 0 Å². The van der Waals surface area contributed by atoms with E-state index in [-0.39, 0.29) is 11.5 Å². The summed E-state index contributed by atoms with van der Waals surface area (Å²) in [5.41, 5.74) is 1.23. The number of hydrogen-bond acceptors (Lipinski definition) is 4. The molecule has 0 N–H and O–H groups in total. The normalized spacial score (nSPS) is 14.3. The van der Waals surface area contributed by atoms with Crippen LogP contribution in [-0.2, 0) is 0 Å². The average Bonchev–Trinajstić information content (AvgIpc) is 3.14. The molecule has 1 aliphatic rings. The molecule has 0 aliphatic heterocycles. The summed E-state index contributed by atoms with van der Waals surface area (Å²) in [4.78, 5) is 24.1. The summed E-state index contributed by atoms with van der Waals surface area (Å²) < 4.78 is 0. The number of benzene rings is 1. The van der Waals surface area contributed by atoms with Crippen LogP contribution in [0.4, 0.5) is 11.4 Å². The Morgan fingerprint density at radius 3 is 2.61 bits per heavy atom. The number of hydrogen-bond donors (Lipinski definition) is 0. The van der Waals surface area contributed by atoms with Crippen molar-refractivity contribution >= 4 is 17.2 Å². The Balaban J connectivity index is 2.45. The molecule has 0 amide bonds. The number of nitro benzene ring substituents is 1. The van der Waals surface area contributed by atoms with E-state index in [0.29, 0.717) is 11.6 Å². The minimum atomic E-state index is -0.469.